The summed E-state index contributed by atoms with van der Waals surface area (Å²) in [5.74, 6) is -0.220. The molecule has 0 aromatic heterocycles. The van der Waals surface area contributed by atoms with Crippen LogP contribution >= 0.6 is 11.6 Å². The molecule has 0 bridgehead atoms. The lowest BCUT2D eigenvalue weighted by molar-refractivity contribution is -0.0570. The van der Waals surface area contributed by atoms with Crippen LogP contribution in [-0.4, -0.2) is 42.0 Å². The van der Waals surface area contributed by atoms with Crippen LogP contribution in [0.15, 0.2) is 18.2 Å². The minimum absolute atomic E-state index is 0.0599. The van der Waals surface area contributed by atoms with Crippen molar-refractivity contribution in [3.63, 3.8) is 0 Å². The Morgan fingerprint density at radius 1 is 1.53 bits per heavy atom. The molecule has 0 spiro atoms. The molecule has 0 radical (unpaired) electrons. The van der Waals surface area contributed by atoms with Crippen molar-refractivity contribution in [3.05, 3.63) is 35.1 Å². The van der Waals surface area contributed by atoms with E-state index in [2.05, 4.69) is 0 Å². The molecule has 2 atom stereocenters. The first-order chi connectivity index (χ1) is 9.01. The number of hydrogen-bond donors (Lipinski definition) is 0. The molecular weight excluding hydrogens is 269 g/mol. The van der Waals surface area contributed by atoms with Crippen LogP contribution in [0.5, 0.6) is 0 Å². The Morgan fingerprint density at radius 2 is 2.26 bits per heavy atom. The summed E-state index contributed by atoms with van der Waals surface area (Å²) >= 11 is 5.80. The molecule has 0 saturated carbocycles. The van der Waals surface area contributed by atoms with Crippen LogP contribution in [0.3, 0.4) is 0 Å². The van der Waals surface area contributed by atoms with Gasteiger partial charge in [-0.05, 0) is 31.5 Å². The van der Waals surface area contributed by atoms with Gasteiger partial charge in [-0.1, -0.05) is 6.07 Å². The Labute approximate surface area is 117 Å². The zero-order valence-electron chi connectivity index (χ0n) is 11.0. The number of aryl methyl sites for hydroxylation is 1. The van der Waals surface area contributed by atoms with Gasteiger partial charge in [0.1, 0.15) is 5.82 Å². The lowest BCUT2D eigenvalue weighted by Gasteiger charge is -2.36. The van der Waals surface area contributed by atoms with Gasteiger partial charge in [-0.25, -0.2) is 4.39 Å². The summed E-state index contributed by atoms with van der Waals surface area (Å²) in [7, 11) is 0. The smallest absolute Gasteiger partial charge is 0.254 e. The van der Waals surface area contributed by atoms with Gasteiger partial charge < -0.3 is 9.64 Å². The predicted molar refractivity (Wildman–Crippen MR) is 72.1 cm³/mol. The number of morpholine rings is 1. The number of nitrogens with zero attached hydrogens (tertiary/aromatic N) is 1. The van der Waals surface area contributed by atoms with Crippen molar-refractivity contribution < 1.29 is 13.9 Å². The molecule has 0 N–H and O–H groups in total. The zero-order valence-corrected chi connectivity index (χ0v) is 11.8. The van der Waals surface area contributed by atoms with Crippen LogP contribution in [0.1, 0.15) is 22.8 Å². The maximum atomic E-state index is 13.3. The van der Waals surface area contributed by atoms with Crippen molar-refractivity contribution in [1.82, 2.24) is 4.90 Å². The highest BCUT2D eigenvalue weighted by Gasteiger charge is 2.29. The molecule has 5 heteroatoms. The molecule has 1 fully saturated rings. The Kier molecular flexibility index (Phi) is 4.42. The third-order valence-electron chi connectivity index (χ3n) is 3.22. The van der Waals surface area contributed by atoms with Crippen molar-refractivity contribution >= 4 is 17.5 Å². The van der Waals surface area contributed by atoms with Gasteiger partial charge in [0.2, 0.25) is 0 Å². The largest absolute Gasteiger partial charge is 0.370 e. The highest BCUT2D eigenvalue weighted by Crippen LogP contribution is 2.18. The monoisotopic (exact) mass is 285 g/mol. The fourth-order valence-electron chi connectivity index (χ4n) is 2.29. The number of rotatable bonds is 2. The van der Waals surface area contributed by atoms with Crippen molar-refractivity contribution in [2.45, 2.75) is 26.1 Å². The first-order valence-corrected chi connectivity index (χ1v) is 6.81. The number of halogens is 2. The summed E-state index contributed by atoms with van der Waals surface area (Å²) in [6, 6.07) is 4.26. The minimum Gasteiger partial charge on any atom is -0.370 e. The molecule has 1 amide bonds. The Balaban J connectivity index is 2.21. The van der Waals surface area contributed by atoms with Crippen LogP contribution in [0.2, 0.25) is 0 Å². The summed E-state index contributed by atoms with van der Waals surface area (Å²) in [6.07, 6.45) is -0.224. The normalized spacial score (nSPS) is 23.5. The first-order valence-electron chi connectivity index (χ1n) is 6.28. The summed E-state index contributed by atoms with van der Waals surface area (Å²) < 4.78 is 18.9. The maximum Gasteiger partial charge on any atom is 0.254 e. The van der Waals surface area contributed by atoms with E-state index in [4.69, 9.17) is 16.3 Å². The van der Waals surface area contributed by atoms with Crippen LogP contribution in [-0.2, 0) is 4.74 Å². The van der Waals surface area contributed by atoms with E-state index in [1.165, 1.54) is 12.1 Å². The second-order valence-corrected chi connectivity index (χ2v) is 5.20. The average Bonchev–Trinajstić information content (AvgIpc) is 2.40. The molecule has 2 rings (SSSR count). The van der Waals surface area contributed by atoms with Gasteiger partial charge in [0.25, 0.3) is 5.91 Å². The van der Waals surface area contributed by atoms with Gasteiger partial charge in [-0.2, -0.15) is 0 Å². The van der Waals surface area contributed by atoms with E-state index < -0.39 is 5.82 Å². The highest BCUT2D eigenvalue weighted by atomic mass is 35.5. The molecule has 1 aromatic carbocycles. The van der Waals surface area contributed by atoms with Gasteiger partial charge >= 0.3 is 0 Å². The van der Waals surface area contributed by atoms with E-state index in [0.717, 1.165) is 5.56 Å². The molecule has 1 aromatic rings. The van der Waals surface area contributed by atoms with Gasteiger partial charge in [-0.3, -0.25) is 4.79 Å². The molecule has 0 aliphatic carbocycles. The van der Waals surface area contributed by atoms with Crippen LogP contribution in [0.4, 0.5) is 4.39 Å². The molecule has 2 unspecified atom stereocenters. The standard InChI is InChI=1S/C14H17ClFNO2/c1-9-3-4-11(16)5-13(9)14(18)17-7-10(2)19-12(6-15)8-17/h3-5,10,12H,6-8H2,1-2H3. The number of alkyl halides is 1. The topological polar surface area (TPSA) is 29.5 Å². The first kappa shape index (κ1) is 14.3. The quantitative estimate of drug-likeness (QED) is 0.782. The lowest BCUT2D eigenvalue weighted by Crippen LogP contribution is -2.49. The summed E-state index contributed by atoms with van der Waals surface area (Å²) in [5, 5.41) is 0. The molecule has 3 nitrogen and oxygen atoms in total. The SMILES string of the molecule is Cc1ccc(F)cc1C(=O)N1CC(C)OC(CCl)C1. The predicted octanol–water partition coefficient (Wildman–Crippen LogP) is 2.60. The third-order valence-corrected chi connectivity index (χ3v) is 3.56. The average molecular weight is 286 g/mol. The maximum absolute atomic E-state index is 13.3. The summed E-state index contributed by atoms with van der Waals surface area (Å²) in [5.41, 5.74) is 1.18. The van der Waals surface area contributed by atoms with Gasteiger partial charge in [-0.15, -0.1) is 11.6 Å². The lowest BCUT2D eigenvalue weighted by atomic mass is 10.1. The number of carbonyl (C=O) groups excluding carboxylic acids is 1. The number of ether oxygens (including phenoxy) is 1. The van der Waals surface area contributed by atoms with Crippen molar-refractivity contribution in [1.29, 1.82) is 0 Å². The van der Waals surface area contributed by atoms with E-state index in [1.54, 1.807) is 17.9 Å². The molecule has 1 heterocycles. The van der Waals surface area contributed by atoms with E-state index in [0.29, 0.717) is 24.5 Å². The van der Waals surface area contributed by atoms with Crippen LogP contribution in [0.25, 0.3) is 0 Å². The van der Waals surface area contributed by atoms with Crippen molar-refractivity contribution in [2.24, 2.45) is 0 Å². The van der Waals surface area contributed by atoms with E-state index in [9.17, 15) is 9.18 Å². The number of amides is 1. The van der Waals surface area contributed by atoms with Gasteiger partial charge in [0.15, 0.2) is 0 Å². The van der Waals surface area contributed by atoms with Crippen LogP contribution < -0.4 is 0 Å². The molecule has 1 aliphatic heterocycles. The summed E-state index contributed by atoms with van der Waals surface area (Å²) in [6.45, 7) is 4.65. The fourth-order valence-corrected chi connectivity index (χ4v) is 2.46. The molecule has 1 saturated heterocycles. The minimum atomic E-state index is -0.399. The van der Waals surface area contributed by atoms with Crippen molar-refractivity contribution in [2.75, 3.05) is 19.0 Å². The number of benzene rings is 1. The van der Waals surface area contributed by atoms with Crippen molar-refractivity contribution in [3.8, 4) is 0 Å². The molecule has 19 heavy (non-hydrogen) atoms. The Morgan fingerprint density at radius 3 is 2.95 bits per heavy atom. The molecular formula is C14H17ClFNO2. The van der Waals surface area contributed by atoms with Gasteiger partial charge in [0.05, 0.1) is 18.1 Å². The zero-order chi connectivity index (χ0) is 14.0. The van der Waals surface area contributed by atoms with Gasteiger partial charge in [0, 0.05) is 18.7 Å². The highest BCUT2D eigenvalue weighted by molar-refractivity contribution is 6.18. The van der Waals surface area contributed by atoms with E-state index >= 15 is 0 Å². The fraction of sp³-hybridized carbons (Fsp3) is 0.500. The van der Waals surface area contributed by atoms with Crippen LogP contribution in [0, 0.1) is 12.7 Å². The second-order valence-electron chi connectivity index (χ2n) is 4.89. The Hall–Kier alpha value is -1.13. The molecule has 104 valence electrons. The third kappa shape index (κ3) is 3.25. The number of hydrogen-bond acceptors (Lipinski definition) is 2. The Bertz CT molecular complexity index is 481. The summed E-state index contributed by atoms with van der Waals surface area (Å²) in [4.78, 5) is 14.1. The number of carbonyl (C=O) groups is 1. The van der Waals surface area contributed by atoms with E-state index in [-0.39, 0.29) is 18.1 Å². The van der Waals surface area contributed by atoms with E-state index in [1.807, 2.05) is 6.92 Å². The molecule has 1 aliphatic rings. The second kappa shape index (κ2) is 5.88.